The fourth-order valence-corrected chi connectivity index (χ4v) is 11.7. The van der Waals surface area contributed by atoms with E-state index in [9.17, 15) is 5.26 Å². The Morgan fingerprint density at radius 3 is 2.21 bits per heavy atom. The molecule has 0 aromatic heterocycles. The Balaban J connectivity index is 1.22. The molecule has 4 heteroatoms. The van der Waals surface area contributed by atoms with Crippen molar-refractivity contribution >= 4 is 0 Å². The van der Waals surface area contributed by atoms with Crippen LogP contribution >= 0.6 is 0 Å². The smallest absolute Gasteiger partial charge is 0.120 e. The summed E-state index contributed by atoms with van der Waals surface area (Å²) < 4.78 is 0. The molecule has 6 rings (SSSR count). The summed E-state index contributed by atoms with van der Waals surface area (Å²) in [6.07, 6.45) is 15.8. The van der Waals surface area contributed by atoms with E-state index in [0.717, 1.165) is 60.5 Å². The SMILES string of the molecule is CC(C)=CCCCC(C)C1CCC2C3CC(OOCc4ccc(C)cc4)C4CC(C(OO)c5ccc(C)cc5)CCC4(C)C3CCC12C. The molecule has 4 aliphatic rings. The van der Waals surface area contributed by atoms with Gasteiger partial charge in [-0.25, -0.2) is 14.7 Å². The van der Waals surface area contributed by atoms with Gasteiger partial charge in [0.15, 0.2) is 0 Å². The minimum atomic E-state index is -0.314. The van der Waals surface area contributed by atoms with Crippen LogP contribution < -0.4 is 0 Å². The highest BCUT2D eigenvalue weighted by Gasteiger charge is 2.63. The first-order chi connectivity index (χ1) is 23.0. The van der Waals surface area contributed by atoms with Crippen molar-refractivity contribution < 1.29 is 19.9 Å². The summed E-state index contributed by atoms with van der Waals surface area (Å²) in [6.45, 7) is 17.0. The highest BCUT2D eigenvalue weighted by Crippen LogP contribution is 2.69. The molecule has 48 heavy (non-hydrogen) atoms. The minimum absolute atomic E-state index is 0.0461. The molecule has 264 valence electrons. The third kappa shape index (κ3) is 7.25. The van der Waals surface area contributed by atoms with Gasteiger partial charge in [-0.1, -0.05) is 98.5 Å². The number of allylic oxidation sites excluding steroid dienone is 2. The Labute approximate surface area is 291 Å². The van der Waals surface area contributed by atoms with E-state index in [0.29, 0.717) is 23.9 Å². The lowest BCUT2D eigenvalue weighted by Gasteiger charge is -2.63. The number of rotatable bonds is 12. The average Bonchev–Trinajstić information content (AvgIpc) is 3.43. The number of fused-ring (bicyclic) bond motifs is 5. The van der Waals surface area contributed by atoms with Crippen LogP contribution in [0.5, 0.6) is 0 Å². The number of hydrogen-bond donors (Lipinski definition) is 1. The Bertz CT molecular complexity index is 1360. The maximum atomic E-state index is 10.2. The van der Waals surface area contributed by atoms with Crippen molar-refractivity contribution in [2.24, 2.45) is 52.3 Å². The molecule has 4 fully saturated rings. The fourth-order valence-electron chi connectivity index (χ4n) is 11.7. The summed E-state index contributed by atoms with van der Waals surface area (Å²) in [4.78, 5) is 18.1. The first-order valence-electron chi connectivity index (χ1n) is 19.4. The van der Waals surface area contributed by atoms with E-state index in [2.05, 4.69) is 103 Å². The Hall–Kier alpha value is -1.98. The van der Waals surface area contributed by atoms with Crippen LogP contribution in [0.4, 0.5) is 0 Å². The lowest BCUT2D eigenvalue weighted by molar-refractivity contribution is -0.368. The topological polar surface area (TPSA) is 47.9 Å². The summed E-state index contributed by atoms with van der Waals surface area (Å²) in [6, 6.07) is 17.1. The van der Waals surface area contributed by atoms with Crippen LogP contribution in [0.15, 0.2) is 60.2 Å². The second-order valence-electron chi connectivity index (χ2n) is 17.5. The normalized spacial score (nSPS) is 35.6. The Kier molecular flexibility index (Phi) is 11.3. The van der Waals surface area contributed by atoms with Crippen molar-refractivity contribution in [1.29, 1.82) is 0 Å². The van der Waals surface area contributed by atoms with Gasteiger partial charge in [-0.2, -0.15) is 0 Å². The summed E-state index contributed by atoms with van der Waals surface area (Å²) in [7, 11) is 0. The molecule has 2 aromatic rings. The predicted octanol–water partition coefficient (Wildman–Crippen LogP) is 12.0. The van der Waals surface area contributed by atoms with Gasteiger partial charge in [0.2, 0.25) is 0 Å². The first kappa shape index (κ1) is 35.8. The van der Waals surface area contributed by atoms with Gasteiger partial charge in [-0.05, 0) is 155 Å². The van der Waals surface area contributed by atoms with Crippen LogP contribution in [-0.2, 0) is 21.3 Å². The lowest BCUT2D eigenvalue weighted by atomic mass is 9.43. The minimum Gasteiger partial charge on any atom is -0.251 e. The molecular formula is C44H64O4. The van der Waals surface area contributed by atoms with Gasteiger partial charge in [0.25, 0.3) is 0 Å². The van der Waals surface area contributed by atoms with Crippen LogP contribution in [0.3, 0.4) is 0 Å². The molecule has 0 bridgehead atoms. The maximum Gasteiger partial charge on any atom is 0.120 e. The van der Waals surface area contributed by atoms with E-state index in [-0.39, 0.29) is 23.5 Å². The molecule has 4 saturated carbocycles. The molecule has 11 unspecified atom stereocenters. The zero-order valence-corrected chi connectivity index (χ0v) is 31.0. The van der Waals surface area contributed by atoms with Gasteiger partial charge >= 0.3 is 0 Å². The summed E-state index contributed by atoms with van der Waals surface area (Å²) >= 11 is 0. The highest BCUT2D eigenvalue weighted by molar-refractivity contribution is 5.24. The number of aryl methyl sites for hydroxylation is 2. The van der Waals surface area contributed by atoms with Crippen LogP contribution in [-0.4, -0.2) is 11.4 Å². The molecular weight excluding hydrogens is 592 g/mol. The molecule has 1 N–H and O–H groups in total. The van der Waals surface area contributed by atoms with Crippen molar-refractivity contribution in [3.05, 3.63) is 82.4 Å². The summed E-state index contributed by atoms with van der Waals surface area (Å²) in [5.41, 5.74) is 6.76. The van der Waals surface area contributed by atoms with Gasteiger partial charge in [0, 0.05) is 0 Å². The summed E-state index contributed by atoms with van der Waals surface area (Å²) in [5.74, 6) is 4.39. The average molecular weight is 657 g/mol. The van der Waals surface area contributed by atoms with Crippen LogP contribution in [0, 0.1) is 66.1 Å². The maximum absolute atomic E-state index is 10.2. The zero-order chi connectivity index (χ0) is 34.1. The first-order valence-corrected chi connectivity index (χ1v) is 19.4. The third-order valence-corrected chi connectivity index (χ3v) is 14.4. The van der Waals surface area contributed by atoms with Crippen LogP contribution in [0.2, 0.25) is 0 Å². The van der Waals surface area contributed by atoms with E-state index in [1.54, 1.807) is 0 Å². The van der Waals surface area contributed by atoms with Crippen molar-refractivity contribution in [3.8, 4) is 0 Å². The van der Waals surface area contributed by atoms with Crippen molar-refractivity contribution in [3.63, 3.8) is 0 Å². The van der Waals surface area contributed by atoms with E-state index >= 15 is 0 Å². The van der Waals surface area contributed by atoms with Gasteiger partial charge < -0.3 is 0 Å². The van der Waals surface area contributed by atoms with Crippen molar-refractivity contribution in [1.82, 2.24) is 0 Å². The van der Waals surface area contributed by atoms with E-state index in [1.165, 1.54) is 61.6 Å². The Morgan fingerprint density at radius 2 is 1.52 bits per heavy atom. The van der Waals surface area contributed by atoms with Crippen molar-refractivity contribution in [2.75, 3.05) is 0 Å². The number of unbranched alkanes of at least 4 members (excludes halogenated alkanes) is 1. The lowest BCUT2D eigenvalue weighted by Crippen LogP contribution is -2.58. The van der Waals surface area contributed by atoms with Crippen LogP contribution in [0.25, 0.3) is 0 Å². The zero-order valence-electron chi connectivity index (χ0n) is 31.0. The second kappa shape index (κ2) is 15.1. The molecule has 0 amide bonds. The molecule has 4 aliphatic carbocycles. The number of hydrogen-bond acceptors (Lipinski definition) is 4. The van der Waals surface area contributed by atoms with Gasteiger partial charge in [0.05, 0.1) is 6.10 Å². The quantitative estimate of drug-likeness (QED) is 0.107. The molecule has 2 aromatic carbocycles. The molecule has 4 nitrogen and oxygen atoms in total. The van der Waals surface area contributed by atoms with E-state index in [1.807, 2.05) is 0 Å². The number of benzene rings is 2. The molecule has 0 heterocycles. The van der Waals surface area contributed by atoms with Gasteiger partial charge in [0.1, 0.15) is 12.7 Å². The van der Waals surface area contributed by atoms with Gasteiger partial charge in [-0.15, -0.1) is 0 Å². The fraction of sp³-hybridized carbons (Fsp3) is 0.682. The third-order valence-electron chi connectivity index (χ3n) is 14.4. The highest BCUT2D eigenvalue weighted by atomic mass is 17.2. The predicted molar refractivity (Wildman–Crippen MR) is 195 cm³/mol. The monoisotopic (exact) mass is 656 g/mol. The van der Waals surface area contributed by atoms with E-state index in [4.69, 9.17) is 14.7 Å². The van der Waals surface area contributed by atoms with E-state index < -0.39 is 0 Å². The summed E-state index contributed by atoms with van der Waals surface area (Å²) in [5, 5.41) is 10.2. The van der Waals surface area contributed by atoms with Crippen LogP contribution in [0.1, 0.15) is 134 Å². The largest absolute Gasteiger partial charge is 0.251 e. The second-order valence-corrected chi connectivity index (χ2v) is 17.5. The van der Waals surface area contributed by atoms with Gasteiger partial charge in [-0.3, -0.25) is 5.26 Å². The molecule has 11 atom stereocenters. The van der Waals surface area contributed by atoms with Crippen molar-refractivity contribution in [2.45, 2.75) is 138 Å². The molecule has 0 spiro atoms. The molecule has 0 aliphatic heterocycles. The Morgan fingerprint density at radius 1 is 0.854 bits per heavy atom. The molecule has 0 radical (unpaired) electrons. The molecule has 0 saturated heterocycles. The standard InChI is InChI=1S/C44H64O4/c1-29(2)10-8-9-11-32(5)37-20-21-38-36-27-41(48-46-28-33-16-12-30(3)13-17-33)40-26-35(42(47-45)34-18-14-31(4)15-19-34)22-24-44(40,7)39(36)23-25-43(37,38)6/h10,12-19,32,35-42,45H,8-9,11,20-28H2,1-7H3.